The molecule has 6 nitrogen and oxygen atoms in total. The molecule has 0 unspecified atom stereocenters. The van der Waals surface area contributed by atoms with Crippen molar-refractivity contribution in [1.29, 1.82) is 0 Å². The molecule has 1 aromatic carbocycles. The predicted molar refractivity (Wildman–Crippen MR) is 56.6 cm³/mol. The van der Waals surface area contributed by atoms with E-state index in [1.807, 2.05) is 0 Å². The van der Waals surface area contributed by atoms with Crippen LogP contribution in [0.1, 0.15) is 10.4 Å². The van der Waals surface area contributed by atoms with Crippen LogP contribution in [0.2, 0.25) is 0 Å². The smallest absolute Gasteiger partial charge is 0.410 e. The van der Waals surface area contributed by atoms with Gasteiger partial charge in [-0.05, 0) is 6.07 Å². The minimum atomic E-state index is -1.10. The molecule has 92 valence electrons. The molecule has 1 rings (SSSR count). The SMILES string of the molecule is CNC(=O)c1cc(OC)c(OC(N)=O)cc1F. The zero-order valence-corrected chi connectivity index (χ0v) is 9.24. The molecule has 0 aliphatic heterocycles. The average Bonchev–Trinajstić information content (AvgIpc) is 2.27. The molecule has 0 aromatic heterocycles. The lowest BCUT2D eigenvalue weighted by atomic mass is 10.1. The molecule has 0 saturated heterocycles. The van der Waals surface area contributed by atoms with Crippen molar-refractivity contribution in [2.75, 3.05) is 14.2 Å². The first-order valence-corrected chi connectivity index (χ1v) is 4.56. The molecule has 0 atom stereocenters. The lowest BCUT2D eigenvalue weighted by molar-refractivity contribution is 0.0958. The molecule has 17 heavy (non-hydrogen) atoms. The minimum Gasteiger partial charge on any atom is -0.493 e. The van der Waals surface area contributed by atoms with Gasteiger partial charge in [-0.1, -0.05) is 0 Å². The summed E-state index contributed by atoms with van der Waals surface area (Å²) in [6, 6.07) is 1.97. The summed E-state index contributed by atoms with van der Waals surface area (Å²) in [6.07, 6.45) is -1.10. The highest BCUT2D eigenvalue weighted by atomic mass is 19.1. The second kappa shape index (κ2) is 5.15. The number of halogens is 1. The molecule has 0 radical (unpaired) electrons. The number of nitrogens with one attached hydrogen (secondary N) is 1. The minimum absolute atomic E-state index is 0.0313. The highest BCUT2D eigenvalue weighted by molar-refractivity contribution is 5.95. The Bertz CT molecular complexity index is 462. The first kappa shape index (κ1) is 12.8. The molecule has 0 aliphatic carbocycles. The molecular formula is C10H11FN2O4. The van der Waals surface area contributed by atoms with E-state index in [2.05, 4.69) is 10.1 Å². The summed E-state index contributed by atoms with van der Waals surface area (Å²) in [5.41, 5.74) is 4.58. The second-order valence-corrected chi connectivity index (χ2v) is 2.98. The molecule has 0 saturated carbocycles. The Balaban J connectivity index is 3.24. The normalized spacial score (nSPS) is 9.59. The Morgan fingerprint density at radius 2 is 2.00 bits per heavy atom. The van der Waals surface area contributed by atoms with Gasteiger partial charge in [0, 0.05) is 13.1 Å². The van der Waals surface area contributed by atoms with Crippen LogP contribution in [0.25, 0.3) is 0 Å². The van der Waals surface area contributed by atoms with Gasteiger partial charge in [0.05, 0.1) is 12.7 Å². The molecule has 0 fully saturated rings. The number of rotatable bonds is 3. The summed E-state index contributed by atoms with van der Waals surface area (Å²) in [5.74, 6) is -1.62. The molecule has 1 aromatic rings. The summed E-state index contributed by atoms with van der Waals surface area (Å²) in [4.78, 5) is 21.9. The van der Waals surface area contributed by atoms with Crippen molar-refractivity contribution in [2.45, 2.75) is 0 Å². The summed E-state index contributed by atoms with van der Waals surface area (Å²) >= 11 is 0. The maximum atomic E-state index is 13.5. The van der Waals surface area contributed by atoms with E-state index in [9.17, 15) is 14.0 Å². The van der Waals surface area contributed by atoms with Crippen molar-refractivity contribution < 1.29 is 23.5 Å². The van der Waals surface area contributed by atoms with Crippen molar-refractivity contribution in [3.05, 3.63) is 23.5 Å². The van der Waals surface area contributed by atoms with E-state index in [0.29, 0.717) is 0 Å². The fourth-order valence-corrected chi connectivity index (χ4v) is 1.19. The Morgan fingerprint density at radius 3 is 2.47 bits per heavy atom. The van der Waals surface area contributed by atoms with Gasteiger partial charge in [0.25, 0.3) is 5.91 Å². The zero-order chi connectivity index (χ0) is 13.0. The van der Waals surface area contributed by atoms with Gasteiger partial charge >= 0.3 is 6.09 Å². The number of hydrogen-bond acceptors (Lipinski definition) is 4. The van der Waals surface area contributed by atoms with Crippen LogP contribution >= 0.6 is 0 Å². The van der Waals surface area contributed by atoms with Gasteiger partial charge in [-0.3, -0.25) is 4.79 Å². The lowest BCUT2D eigenvalue weighted by Crippen LogP contribution is -2.20. The van der Waals surface area contributed by atoms with Crippen LogP contribution in [-0.4, -0.2) is 26.2 Å². The third-order valence-electron chi connectivity index (χ3n) is 1.94. The number of primary amides is 1. The van der Waals surface area contributed by atoms with E-state index < -0.39 is 17.8 Å². The van der Waals surface area contributed by atoms with Gasteiger partial charge in [0.15, 0.2) is 11.5 Å². The zero-order valence-electron chi connectivity index (χ0n) is 9.24. The van der Waals surface area contributed by atoms with Crippen LogP contribution in [-0.2, 0) is 0 Å². The maximum absolute atomic E-state index is 13.5. The van der Waals surface area contributed by atoms with E-state index in [0.717, 1.165) is 12.1 Å². The van der Waals surface area contributed by atoms with Crippen molar-refractivity contribution in [2.24, 2.45) is 5.73 Å². The number of ether oxygens (including phenoxy) is 2. The first-order chi connectivity index (χ1) is 7.99. The predicted octanol–water partition coefficient (Wildman–Crippen LogP) is 0.651. The monoisotopic (exact) mass is 242 g/mol. The number of hydrogen-bond donors (Lipinski definition) is 2. The Morgan fingerprint density at radius 1 is 1.35 bits per heavy atom. The number of benzene rings is 1. The Kier molecular flexibility index (Phi) is 3.86. The fraction of sp³-hybridized carbons (Fsp3) is 0.200. The highest BCUT2D eigenvalue weighted by Gasteiger charge is 2.17. The van der Waals surface area contributed by atoms with Gasteiger partial charge in [0.1, 0.15) is 5.82 Å². The molecule has 0 spiro atoms. The van der Waals surface area contributed by atoms with Crippen LogP contribution in [0.4, 0.5) is 9.18 Å². The van der Waals surface area contributed by atoms with Gasteiger partial charge < -0.3 is 20.5 Å². The topological polar surface area (TPSA) is 90.7 Å². The largest absolute Gasteiger partial charge is 0.493 e. The third kappa shape index (κ3) is 2.83. The van der Waals surface area contributed by atoms with Crippen molar-refractivity contribution >= 4 is 12.0 Å². The van der Waals surface area contributed by atoms with Gasteiger partial charge in [-0.2, -0.15) is 0 Å². The molecule has 7 heteroatoms. The van der Waals surface area contributed by atoms with Crippen LogP contribution in [0.15, 0.2) is 12.1 Å². The molecule has 0 bridgehead atoms. The third-order valence-corrected chi connectivity index (χ3v) is 1.94. The number of nitrogens with two attached hydrogens (primary N) is 1. The number of amides is 2. The van der Waals surface area contributed by atoms with E-state index >= 15 is 0 Å². The van der Waals surface area contributed by atoms with E-state index in [1.165, 1.54) is 14.2 Å². The lowest BCUT2D eigenvalue weighted by Gasteiger charge is -2.10. The van der Waals surface area contributed by atoms with Crippen molar-refractivity contribution in [3.8, 4) is 11.5 Å². The number of carbonyl (C=O) groups is 2. The Hall–Kier alpha value is -2.31. The highest BCUT2D eigenvalue weighted by Crippen LogP contribution is 2.30. The molecule has 3 N–H and O–H groups in total. The summed E-state index contributed by atoms with van der Waals surface area (Å²) < 4.78 is 22.9. The Labute approximate surface area is 96.5 Å². The molecule has 0 heterocycles. The van der Waals surface area contributed by atoms with Crippen molar-refractivity contribution in [1.82, 2.24) is 5.32 Å². The van der Waals surface area contributed by atoms with Crippen LogP contribution in [0.5, 0.6) is 11.5 Å². The maximum Gasteiger partial charge on any atom is 0.410 e. The average molecular weight is 242 g/mol. The summed E-state index contributed by atoms with van der Waals surface area (Å²) in [5, 5.41) is 2.27. The van der Waals surface area contributed by atoms with Gasteiger partial charge in [0.2, 0.25) is 0 Å². The van der Waals surface area contributed by atoms with E-state index in [1.54, 1.807) is 0 Å². The van der Waals surface area contributed by atoms with Crippen LogP contribution in [0, 0.1) is 5.82 Å². The van der Waals surface area contributed by atoms with Gasteiger partial charge in [-0.15, -0.1) is 0 Å². The van der Waals surface area contributed by atoms with E-state index in [4.69, 9.17) is 10.5 Å². The first-order valence-electron chi connectivity index (χ1n) is 4.56. The molecule has 0 aliphatic rings. The standard InChI is InChI=1S/C10H11FN2O4/c1-13-9(14)5-3-7(16-2)8(4-6(5)11)17-10(12)15/h3-4H,1-2H3,(H2,12,15)(H,13,14). The number of carbonyl (C=O) groups excluding carboxylic acids is 2. The van der Waals surface area contributed by atoms with Crippen LogP contribution in [0.3, 0.4) is 0 Å². The van der Waals surface area contributed by atoms with E-state index in [-0.39, 0.29) is 17.1 Å². The quantitative estimate of drug-likeness (QED) is 0.814. The van der Waals surface area contributed by atoms with Crippen molar-refractivity contribution in [3.63, 3.8) is 0 Å². The molecular weight excluding hydrogens is 231 g/mol. The number of methoxy groups -OCH3 is 1. The second-order valence-electron chi connectivity index (χ2n) is 2.98. The summed E-state index contributed by atoms with van der Waals surface area (Å²) in [7, 11) is 2.65. The van der Waals surface area contributed by atoms with Gasteiger partial charge in [-0.25, -0.2) is 9.18 Å². The summed E-state index contributed by atoms with van der Waals surface area (Å²) in [6.45, 7) is 0. The molecule has 2 amide bonds. The fourth-order valence-electron chi connectivity index (χ4n) is 1.19. The van der Waals surface area contributed by atoms with Crippen LogP contribution < -0.4 is 20.5 Å².